The average molecular weight is 290 g/mol. The maximum absolute atomic E-state index is 12.2. The zero-order valence-electron chi connectivity index (χ0n) is 11.2. The summed E-state index contributed by atoms with van der Waals surface area (Å²) in [6, 6.07) is 5.90. The average Bonchev–Trinajstić information content (AvgIpc) is 2.83. The molecule has 1 aromatic heterocycles. The van der Waals surface area contributed by atoms with E-state index in [1.807, 2.05) is 12.3 Å². The Bertz CT molecular complexity index is 634. The summed E-state index contributed by atoms with van der Waals surface area (Å²) in [5, 5.41) is 11.7. The van der Waals surface area contributed by atoms with Crippen LogP contribution in [0.3, 0.4) is 0 Å². The van der Waals surface area contributed by atoms with Gasteiger partial charge >= 0.3 is 5.97 Å². The minimum absolute atomic E-state index is 0.160. The van der Waals surface area contributed by atoms with Gasteiger partial charge in [0.2, 0.25) is 0 Å². The number of carboxylic acids is 1. The lowest BCUT2D eigenvalue weighted by Gasteiger charge is -2.16. The molecule has 1 heterocycles. The smallest absolute Gasteiger partial charge is 0.335 e. The van der Waals surface area contributed by atoms with Crippen LogP contribution in [0.5, 0.6) is 0 Å². The van der Waals surface area contributed by atoms with Crippen LogP contribution in [0.1, 0.15) is 31.4 Å². The summed E-state index contributed by atoms with van der Waals surface area (Å²) < 4.78 is 0. The predicted molar refractivity (Wildman–Crippen MR) is 76.0 cm³/mol. The molecule has 0 unspecified atom stereocenters. The van der Waals surface area contributed by atoms with Gasteiger partial charge in [-0.05, 0) is 31.2 Å². The van der Waals surface area contributed by atoms with Gasteiger partial charge < -0.3 is 10.0 Å². The monoisotopic (exact) mass is 290 g/mol. The number of aryl methyl sites for hydroxylation is 1. The molecule has 2 aromatic rings. The van der Waals surface area contributed by atoms with E-state index in [-0.39, 0.29) is 11.5 Å². The Labute approximate surface area is 120 Å². The molecule has 0 spiro atoms. The van der Waals surface area contributed by atoms with Crippen LogP contribution in [-0.2, 0) is 6.54 Å². The molecule has 2 rings (SSSR count). The van der Waals surface area contributed by atoms with E-state index in [9.17, 15) is 9.59 Å². The van der Waals surface area contributed by atoms with Crippen LogP contribution < -0.4 is 0 Å². The first kappa shape index (κ1) is 14.2. The van der Waals surface area contributed by atoms with Gasteiger partial charge in [0, 0.05) is 18.0 Å². The van der Waals surface area contributed by atoms with Crippen molar-refractivity contribution in [2.75, 3.05) is 7.05 Å². The molecule has 0 aliphatic heterocycles. The number of carbonyl (C=O) groups excluding carboxylic acids is 1. The summed E-state index contributed by atoms with van der Waals surface area (Å²) in [5.74, 6) is -1.16. The molecule has 0 bridgehead atoms. The minimum atomic E-state index is -1.00. The Hall–Kier alpha value is -2.21. The fourth-order valence-corrected chi connectivity index (χ4v) is 2.38. The second-order valence-electron chi connectivity index (χ2n) is 4.40. The predicted octanol–water partition coefficient (Wildman–Crippen LogP) is 2.42. The molecule has 0 aliphatic carbocycles. The van der Waals surface area contributed by atoms with Crippen molar-refractivity contribution in [2.24, 2.45) is 0 Å². The highest BCUT2D eigenvalue weighted by atomic mass is 32.1. The van der Waals surface area contributed by atoms with Gasteiger partial charge in [-0.25, -0.2) is 9.78 Å². The van der Waals surface area contributed by atoms with Crippen molar-refractivity contribution in [3.05, 3.63) is 51.5 Å². The van der Waals surface area contributed by atoms with E-state index in [4.69, 9.17) is 5.11 Å². The minimum Gasteiger partial charge on any atom is -0.478 e. The van der Waals surface area contributed by atoms with Crippen LogP contribution in [0.15, 0.2) is 29.6 Å². The molecule has 1 N–H and O–H groups in total. The summed E-state index contributed by atoms with van der Waals surface area (Å²) in [6.07, 6.45) is 0. The number of aromatic nitrogens is 1. The van der Waals surface area contributed by atoms with E-state index in [1.165, 1.54) is 24.3 Å². The van der Waals surface area contributed by atoms with E-state index in [0.717, 1.165) is 10.7 Å². The Morgan fingerprint density at radius 2 is 1.85 bits per heavy atom. The van der Waals surface area contributed by atoms with Crippen molar-refractivity contribution < 1.29 is 14.7 Å². The molecule has 1 amide bonds. The van der Waals surface area contributed by atoms with E-state index < -0.39 is 5.97 Å². The highest BCUT2D eigenvalue weighted by Gasteiger charge is 2.14. The third-order valence-electron chi connectivity index (χ3n) is 2.79. The van der Waals surface area contributed by atoms with Gasteiger partial charge in [-0.15, -0.1) is 11.3 Å². The molecule has 0 saturated heterocycles. The van der Waals surface area contributed by atoms with Gasteiger partial charge in [-0.2, -0.15) is 0 Å². The van der Waals surface area contributed by atoms with E-state index >= 15 is 0 Å². The molecular weight excluding hydrogens is 276 g/mol. The summed E-state index contributed by atoms with van der Waals surface area (Å²) in [6.45, 7) is 2.35. The molecule has 0 aliphatic rings. The Morgan fingerprint density at radius 3 is 2.35 bits per heavy atom. The molecule has 5 nitrogen and oxygen atoms in total. The van der Waals surface area contributed by atoms with Crippen molar-refractivity contribution in [2.45, 2.75) is 13.5 Å². The van der Waals surface area contributed by atoms with Gasteiger partial charge in [0.25, 0.3) is 5.91 Å². The quantitative estimate of drug-likeness (QED) is 0.938. The zero-order valence-corrected chi connectivity index (χ0v) is 12.0. The maximum atomic E-state index is 12.2. The van der Waals surface area contributed by atoms with Crippen molar-refractivity contribution in [3.63, 3.8) is 0 Å². The standard InChI is InChI=1S/C14H14N2O3S/c1-9-15-12(8-20-9)7-16(2)13(17)10-3-5-11(6-4-10)14(18)19/h3-6,8H,7H2,1-2H3,(H,18,19). The molecule has 0 fully saturated rings. The molecule has 104 valence electrons. The van der Waals surface area contributed by atoms with Crippen LogP contribution >= 0.6 is 11.3 Å². The molecular formula is C14H14N2O3S. The fourth-order valence-electron chi connectivity index (χ4n) is 1.77. The number of rotatable bonds is 4. The van der Waals surface area contributed by atoms with E-state index in [1.54, 1.807) is 23.3 Å². The van der Waals surface area contributed by atoms with Crippen LogP contribution in [0, 0.1) is 6.92 Å². The lowest BCUT2D eigenvalue weighted by Crippen LogP contribution is -2.26. The van der Waals surface area contributed by atoms with Crippen LogP contribution in [0.2, 0.25) is 0 Å². The zero-order chi connectivity index (χ0) is 14.7. The third-order valence-corrected chi connectivity index (χ3v) is 3.61. The second kappa shape index (κ2) is 5.83. The van der Waals surface area contributed by atoms with Crippen molar-refractivity contribution >= 4 is 23.2 Å². The summed E-state index contributed by atoms with van der Waals surface area (Å²) in [7, 11) is 1.70. The number of thiazole rings is 1. The normalized spacial score (nSPS) is 10.3. The van der Waals surface area contributed by atoms with E-state index in [0.29, 0.717) is 12.1 Å². The topological polar surface area (TPSA) is 70.5 Å². The van der Waals surface area contributed by atoms with Crippen LogP contribution in [0.4, 0.5) is 0 Å². The second-order valence-corrected chi connectivity index (χ2v) is 5.46. The Morgan fingerprint density at radius 1 is 1.25 bits per heavy atom. The molecule has 6 heteroatoms. The number of aromatic carboxylic acids is 1. The summed E-state index contributed by atoms with van der Waals surface area (Å²) in [5.41, 5.74) is 1.48. The maximum Gasteiger partial charge on any atom is 0.335 e. The number of nitrogens with zero attached hydrogens (tertiary/aromatic N) is 2. The number of amides is 1. The van der Waals surface area contributed by atoms with Crippen LogP contribution in [0.25, 0.3) is 0 Å². The first-order valence-electron chi connectivity index (χ1n) is 5.97. The molecule has 1 aromatic carbocycles. The van der Waals surface area contributed by atoms with E-state index in [2.05, 4.69) is 4.98 Å². The molecule has 20 heavy (non-hydrogen) atoms. The molecule has 0 saturated carbocycles. The Balaban J connectivity index is 2.08. The first-order valence-corrected chi connectivity index (χ1v) is 6.85. The van der Waals surface area contributed by atoms with Gasteiger partial charge in [0.15, 0.2) is 0 Å². The number of hydrogen-bond acceptors (Lipinski definition) is 4. The molecule has 0 radical (unpaired) electrons. The first-order chi connectivity index (χ1) is 9.47. The highest BCUT2D eigenvalue weighted by Crippen LogP contribution is 2.12. The third kappa shape index (κ3) is 3.21. The Kier molecular flexibility index (Phi) is 4.14. The van der Waals surface area contributed by atoms with Crippen molar-refractivity contribution in [1.82, 2.24) is 9.88 Å². The highest BCUT2D eigenvalue weighted by molar-refractivity contribution is 7.09. The van der Waals surface area contributed by atoms with Gasteiger partial charge in [0.05, 0.1) is 22.8 Å². The van der Waals surface area contributed by atoms with Gasteiger partial charge in [0.1, 0.15) is 0 Å². The summed E-state index contributed by atoms with van der Waals surface area (Å²) in [4.78, 5) is 28.8. The lowest BCUT2D eigenvalue weighted by molar-refractivity contribution is 0.0695. The molecule has 0 atom stereocenters. The number of carbonyl (C=O) groups is 2. The van der Waals surface area contributed by atoms with Crippen LogP contribution in [-0.4, -0.2) is 33.9 Å². The summed E-state index contributed by atoms with van der Waals surface area (Å²) >= 11 is 1.54. The van der Waals surface area contributed by atoms with Gasteiger partial charge in [-0.1, -0.05) is 0 Å². The SMILES string of the molecule is Cc1nc(CN(C)C(=O)c2ccc(C(=O)O)cc2)cs1. The van der Waals surface area contributed by atoms with Crippen molar-refractivity contribution in [1.29, 1.82) is 0 Å². The van der Waals surface area contributed by atoms with Gasteiger partial charge in [-0.3, -0.25) is 4.79 Å². The number of benzene rings is 1. The lowest BCUT2D eigenvalue weighted by atomic mass is 10.1. The number of carboxylic acid groups (broad SMARTS) is 1. The number of hydrogen-bond donors (Lipinski definition) is 1. The largest absolute Gasteiger partial charge is 0.478 e. The fraction of sp³-hybridized carbons (Fsp3) is 0.214. The van der Waals surface area contributed by atoms with Crippen molar-refractivity contribution in [3.8, 4) is 0 Å².